The molecule has 25 heavy (non-hydrogen) atoms. The fourth-order valence-electron chi connectivity index (χ4n) is 2.80. The summed E-state index contributed by atoms with van der Waals surface area (Å²) in [5.74, 6) is -0.651. The number of nitrogens with one attached hydrogen (secondary N) is 1. The van der Waals surface area contributed by atoms with Crippen molar-refractivity contribution >= 4 is 22.9 Å². The number of ether oxygens (including phenoxy) is 1. The van der Waals surface area contributed by atoms with Crippen molar-refractivity contribution in [1.29, 1.82) is 0 Å². The lowest BCUT2D eigenvalue weighted by atomic mass is 10.0. The summed E-state index contributed by atoms with van der Waals surface area (Å²) in [4.78, 5) is 12.5. The predicted octanol–water partition coefficient (Wildman–Crippen LogP) is 3.74. The Labute approximate surface area is 138 Å². The number of hydrogen-bond acceptors (Lipinski definition) is 3. The van der Waals surface area contributed by atoms with Gasteiger partial charge in [-0.15, -0.1) is 0 Å². The van der Waals surface area contributed by atoms with E-state index in [-0.39, 0.29) is 35.8 Å². The number of rotatable bonds is 1. The highest BCUT2D eigenvalue weighted by atomic mass is 19.4. The number of fused-ring (bicyclic) bond motifs is 2. The molecule has 0 atom stereocenters. The molecule has 0 aliphatic carbocycles. The zero-order chi connectivity index (χ0) is 18.4. The average molecular weight is 366 g/mol. The van der Waals surface area contributed by atoms with Crippen molar-refractivity contribution < 1.29 is 35.9 Å². The van der Waals surface area contributed by atoms with Crippen LogP contribution in [0.1, 0.15) is 12.0 Å². The van der Waals surface area contributed by atoms with Gasteiger partial charge in [-0.25, -0.2) is 0 Å². The van der Waals surface area contributed by atoms with Gasteiger partial charge < -0.3 is 15.0 Å². The van der Waals surface area contributed by atoms with Crippen LogP contribution < -0.4 is 15.0 Å². The van der Waals surface area contributed by atoms with Crippen molar-refractivity contribution in [1.82, 2.24) is 0 Å². The molecule has 2 heterocycles. The number of hydrogen-bond donors (Lipinski definition) is 1. The second-order valence-electron chi connectivity index (χ2n) is 5.62. The number of carbonyl (C=O) groups excluding carboxylic acids is 1. The van der Waals surface area contributed by atoms with Gasteiger partial charge in [0.05, 0.1) is 23.5 Å². The van der Waals surface area contributed by atoms with Crippen LogP contribution in [0.5, 0.6) is 5.75 Å². The largest absolute Gasteiger partial charge is 0.489 e. The van der Waals surface area contributed by atoms with Gasteiger partial charge >= 0.3 is 12.4 Å². The normalized spacial score (nSPS) is 17.8. The van der Waals surface area contributed by atoms with Crippen LogP contribution in [0.25, 0.3) is 5.57 Å². The number of alkyl halides is 6. The van der Waals surface area contributed by atoms with E-state index in [0.717, 1.165) is 23.1 Å². The molecule has 0 aromatic heterocycles. The summed E-state index contributed by atoms with van der Waals surface area (Å²) in [6.07, 6.45) is -9.02. The lowest BCUT2D eigenvalue weighted by molar-refractivity contribution is -0.120. The zero-order valence-electron chi connectivity index (χ0n) is 12.6. The van der Waals surface area contributed by atoms with Gasteiger partial charge in [-0.2, -0.15) is 26.3 Å². The number of halogens is 6. The first-order valence-corrected chi connectivity index (χ1v) is 7.25. The Hall–Kier alpha value is -2.39. The first kappa shape index (κ1) is 17.4. The molecule has 0 saturated heterocycles. The van der Waals surface area contributed by atoms with Crippen molar-refractivity contribution in [2.75, 3.05) is 29.9 Å². The molecule has 0 unspecified atom stereocenters. The molecular weight excluding hydrogens is 354 g/mol. The monoisotopic (exact) mass is 366 g/mol. The first-order valence-electron chi connectivity index (χ1n) is 7.25. The Morgan fingerprint density at radius 3 is 2.52 bits per heavy atom. The third kappa shape index (κ3) is 3.67. The van der Waals surface area contributed by atoms with Crippen molar-refractivity contribution in [2.45, 2.75) is 18.8 Å². The summed E-state index contributed by atoms with van der Waals surface area (Å²) in [7, 11) is 0. The van der Waals surface area contributed by atoms with Gasteiger partial charge in [0, 0.05) is 18.1 Å². The van der Waals surface area contributed by atoms with Gasteiger partial charge in [0.1, 0.15) is 18.9 Å². The number of nitrogens with zero attached hydrogens (tertiary/aromatic N) is 1. The van der Waals surface area contributed by atoms with Crippen LogP contribution >= 0.6 is 0 Å². The lowest BCUT2D eigenvalue weighted by Crippen LogP contribution is -2.39. The number of amides is 1. The number of anilines is 2. The smallest absolute Gasteiger partial charge is 0.416 e. The second kappa shape index (κ2) is 5.85. The highest BCUT2D eigenvalue weighted by molar-refractivity contribution is 6.00. The van der Waals surface area contributed by atoms with Crippen molar-refractivity contribution in [3.05, 3.63) is 23.8 Å². The standard InChI is InChI=1S/C15H12F6N2O2/c16-14(17,18)7-23-3-4-25-12-6-10-8(5-11(12)23)9(15(19,20)21)1-2-13(24)22-10/h1,5-6H,2-4,7H2,(H,22,24). The second-order valence-corrected chi connectivity index (χ2v) is 5.62. The van der Waals surface area contributed by atoms with Crippen molar-refractivity contribution in [2.24, 2.45) is 0 Å². The molecule has 10 heteroatoms. The molecule has 136 valence electrons. The van der Waals surface area contributed by atoms with Crippen LogP contribution in [0, 0.1) is 0 Å². The molecule has 1 N–H and O–H groups in total. The minimum Gasteiger partial charge on any atom is -0.489 e. The Balaban J connectivity index is 2.12. The molecule has 2 aliphatic rings. The van der Waals surface area contributed by atoms with E-state index in [1.807, 2.05) is 0 Å². The first-order chi connectivity index (χ1) is 11.5. The SMILES string of the molecule is O=C1CC=C(C(F)(F)F)c2cc3c(cc2N1)OCCN3CC(F)(F)F. The van der Waals surface area contributed by atoms with Gasteiger partial charge in [-0.05, 0) is 6.07 Å². The molecule has 2 aliphatic heterocycles. The average Bonchev–Trinajstić information content (AvgIpc) is 2.61. The lowest BCUT2D eigenvalue weighted by Gasteiger charge is -2.33. The van der Waals surface area contributed by atoms with E-state index < -0.39 is 36.8 Å². The van der Waals surface area contributed by atoms with E-state index in [1.165, 1.54) is 0 Å². The Morgan fingerprint density at radius 2 is 1.88 bits per heavy atom. The van der Waals surface area contributed by atoms with E-state index in [4.69, 9.17) is 4.74 Å². The molecule has 0 bridgehead atoms. The fraction of sp³-hybridized carbons (Fsp3) is 0.400. The maximum atomic E-state index is 13.3. The molecule has 0 saturated carbocycles. The minimum atomic E-state index is -4.75. The third-order valence-electron chi connectivity index (χ3n) is 3.79. The van der Waals surface area contributed by atoms with E-state index in [0.29, 0.717) is 0 Å². The summed E-state index contributed by atoms with van der Waals surface area (Å²) < 4.78 is 83.3. The summed E-state index contributed by atoms with van der Waals surface area (Å²) in [5.41, 5.74) is -1.68. The quantitative estimate of drug-likeness (QED) is 0.770. The van der Waals surface area contributed by atoms with Crippen LogP contribution in [0.3, 0.4) is 0 Å². The van der Waals surface area contributed by atoms with E-state index in [9.17, 15) is 31.1 Å². The molecule has 0 radical (unpaired) electrons. The van der Waals surface area contributed by atoms with Crippen LogP contribution in [0.4, 0.5) is 37.7 Å². The van der Waals surface area contributed by atoms with Gasteiger partial charge in [-0.3, -0.25) is 4.79 Å². The Kier molecular flexibility index (Phi) is 4.08. The van der Waals surface area contributed by atoms with Crippen LogP contribution in [-0.4, -0.2) is 38.0 Å². The maximum absolute atomic E-state index is 13.3. The third-order valence-corrected chi connectivity index (χ3v) is 3.79. The Bertz CT molecular complexity index is 739. The molecule has 1 aromatic carbocycles. The number of carbonyl (C=O) groups is 1. The van der Waals surface area contributed by atoms with E-state index in [1.54, 1.807) is 0 Å². The van der Waals surface area contributed by atoms with Gasteiger partial charge in [-0.1, -0.05) is 6.08 Å². The molecule has 0 fully saturated rings. The van der Waals surface area contributed by atoms with Crippen molar-refractivity contribution in [3.63, 3.8) is 0 Å². The molecule has 1 amide bonds. The molecular formula is C15H12F6N2O2. The molecule has 4 nitrogen and oxygen atoms in total. The van der Waals surface area contributed by atoms with Gasteiger partial charge in [0.25, 0.3) is 0 Å². The van der Waals surface area contributed by atoms with Gasteiger partial charge in [0.2, 0.25) is 5.91 Å². The van der Waals surface area contributed by atoms with Crippen molar-refractivity contribution in [3.8, 4) is 5.75 Å². The molecule has 3 rings (SSSR count). The summed E-state index contributed by atoms with van der Waals surface area (Å²) in [6, 6.07) is 2.12. The highest BCUT2D eigenvalue weighted by Gasteiger charge is 2.39. The van der Waals surface area contributed by atoms with E-state index in [2.05, 4.69) is 5.32 Å². The van der Waals surface area contributed by atoms with Crippen LogP contribution in [0.15, 0.2) is 18.2 Å². The molecule has 1 aromatic rings. The summed E-state index contributed by atoms with van der Waals surface area (Å²) in [5, 5.41) is 2.33. The number of benzene rings is 1. The topological polar surface area (TPSA) is 41.6 Å². The van der Waals surface area contributed by atoms with Gasteiger partial charge in [0.15, 0.2) is 0 Å². The van der Waals surface area contributed by atoms with Crippen LogP contribution in [-0.2, 0) is 4.79 Å². The zero-order valence-corrected chi connectivity index (χ0v) is 12.6. The Morgan fingerprint density at radius 1 is 1.16 bits per heavy atom. The minimum absolute atomic E-state index is 0.00188. The van der Waals surface area contributed by atoms with Crippen LogP contribution in [0.2, 0.25) is 0 Å². The fourth-order valence-corrected chi connectivity index (χ4v) is 2.80. The number of allylic oxidation sites excluding steroid dienone is 1. The van der Waals surface area contributed by atoms with E-state index >= 15 is 0 Å². The predicted molar refractivity (Wildman–Crippen MR) is 77.5 cm³/mol. The molecule has 0 spiro atoms. The summed E-state index contributed by atoms with van der Waals surface area (Å²) in [6.45, 7) is -1.46. The summed E-state index contributed by atoms with van der Waals surface area (Å²) >= 11 is 0. The highest BCUT2D eigenvalue weighted by Crippen LogP contribution is 2.45. The maximum Gasteiger partial charge on any atom is 0.416 e.